The molecule has 0 aromatic heterocycles. The van der Waals surface area contributed by atoms with Gasteiger partial charge in [-0.15, -0.1) is 6.58 Å². The van der Waals surface area contributed by atoms with Crippen molar-refractivity contribution in [3.63, 3.8) is 0 Å². The first-order valence-corrected chi connectivity index (χ1v) is 6.33. The van der Waals surface area contributed by atoms with Crippen LogP contribution in [0.15, 0.2) is 12.7 Å². The molecule has 0 aliphatic heterocycles. The first-order chi connectivity index (χ1) is 7.00. The van der Waals surface area contributed by atoms with Crippen LogP contribution in [0.1, 0.15) is 13.3 Å². The SMILES string of the molecule is C=CCN(CC)S(=O)(=O)N(C)CCCO. The van der Waals surface area contributed by atoms with Crippen molar-refractivity contribution in [2.45, 2.75) is 13.3 Å². The van der Waals surface area contributed by atoms with Crippen LogP contribution in [0.2, 0.25) is 0 Å². The van der Waals surface area contributed by atoms with E-state index < -0.39 is 10.2 Å². The molecule has 0 bridgehead atoms. The minimum Gasteiger partial charge on any atom is -0.396 e. The Morgan fingerprint density at radius 3 is 2.47 bits per heavy atom. The van der Waals surface area contributed by atoms with Crippen LogP contribution < -0.4 is 0 Å². The van der Waals surface area contributed by atoms with E-state index in [2.05, 4.69) is 6.58 Å². The highest BCUT2D eigenvalue weighted by molar-refractivity contribution is 7.86. The summed E-state index contributed by atoms with van der Waals surface area (Å²) in [5.74, 6) is 0. The second kappa shape index (κ2) is 6.95. The largest absolute Gasteiger partial charge is 0.396 e. The molecule has 0 aromatic carbocycles. The van der Waals surface area contributed by atoms with E-state index in [9.17, 15) is 8.42 Å². The number of rotatable bonds is 8. The molecule has 0 unspecified atom stereocenters. The second-order valence-corrected chi connectivity index (χ2v) is 5.18. The number of aliphatic hydroxyl groups excluding tert-OH is 1. The monoisotopic (exact) mass is 236 g/mol. The molecule has 0 saturated heterocycles. The van der Waals surface area contributed by atoms with Gasteiger partial charge in [0.1, 0.15) is 0 Å². The van der Waals surface area contributed by atoms with Gasteiger partial charge in [0.05, 0.1) is 0 Å². The maximum atomic E-state index is 11.9. The molecule has 0 aliphatic rings. The molecular weight excluding hydrogens is 216 g/mol. The Labute approximate surface area is 92.2 Å². The Morgan fingerprint density at radius 1 is 1.47 bits per heavy atom. The lowest BCUT2D eigenvalue weighted by Gasteiger charge is -2.25. The van der Waals surface area contributed by atoms with Gasteiger partial charge in [-0.2, -0.15) is 17.0 Å². The molecule has 0 radical (unpaired) electrons. The molecule has 0 aromatic rings. The Kier molecular flexibility index (Phi) is 6.75. The third kappa shape index (κ3) is 4.29. The number of likely N-dealkylation sites (N-methyl/N-ethyl adjacent to an activating group) is 1. The molecule has 0 rings (SSSR count). The first-order valence-electron chi connectivity index (χ1n) is 4.93. The van der Waals surface area contributed by atoms with E-state index in [4.69, 9.17) is 5.11 Å². The van der Waals surface area contributed by atoms with Crippen molar-refractivity contribution in [1.29, 1.82) is 0 Å². The van der Waals surface area contributed by atoms with Crippen LogP contribution in [-0.4, -0.2) is 55.4 Å². The van der Waals surface area contributed by atoms with Crippen molar-refractivity contribution >= 4 is 10.2 Å². The lowest BCUT2D eigenvalue weighted by molar-refractivity contribution is 0.272. The summed E-state index contributed by atoms with van der Waals surface area (Å²) < 4.78 is 26.3. The van der Waals surface area contributed by atoms with Crippen molar-refractivity contribution in [2.24, 2.45) is 0 Å². The summed E-state index contributed by atoms with van der Waals surface area (Å²) in [6.45, 7) is 6.34. The van der Waals surface area contributed by atoms with Gasteiger partial charge >= 0.3 is 0 Å². The van der Waals surface area contributed by atoms with Gasteiger partial charge in [-0.3, -0.25) is 0 Å². The van der Waals surface area contributed by atoms with Crippen LogP contribution in [-0.2, 0) is 10.2 Å². The van der Waals surface area contributed by atoms with Gasteiger partial charge in [-0.05, 0) is 6.42 Å². The van der Waals surface area contributed by atoms with E-state index in [0.717, 1.165) is 0 Å². The number of aliphatic hydroxyl groups is 1. The molecule has 0 heterocycles. The zero-order chi connectivity index (χ0) is 11.9. The van der Waals surface area contributed by atoms with Crippen molar-refractivity contribution in [3.05, 3.63) is 12.7 Å². The molecular formula is C9H20N2O3S. The van der Waals surface area contributed by atoms with Gasteiger partial charge in [0, 0.05) is 33.3 Å². The summed E-state index contributed by atoms with van der Waals surface area (Å²) in [4.78, 5) is 0. The maximum absolute atomic E-state index is 11.9. The summed E-state index contributed by atoms with van der Waals surface area (Å²) in [6.07, 6.45) is 2.00. The molecule has 0 atom stereocenters. The van der Waals surface area contributed by atoms with Crippen LogP contribution >= 0.6 is 0 Å². The molecule has 15 heavy (non-hydrogen) atoms. The van der Waals surface area contributed by atoms with Gasteiger partial charge in [-0.25, -0.2) is 0 Å². The standard InChI is InChI=1S/C9H20N2O3S/c1-4-7-11(5-2)15(13,14)10(3)8-6-9-12/h4,12H,1,5-9H2,2-3H3. The van der Waals surface area contributed by atoms with E-state index in [-0.39, 0.29) is 6.61 Å². The average molecular weight is 236 g/mol. The van der Waals surface area contributed by atoms with Crippen LogP contribution in [0.3, 0.4) is 0 Å². The minimum atomic E-state index is -3.40. The second-order valence-electron chi connectivity index (χ2n) is 3.15. The Morgan fingerprint density at radius 2 is 2.07 bits per heavy atom. The zero-order valence-corrected chi connectivity index (χ0v) is 10.2. The average Bonchev–Trinajstić information content (AvgIpc) is 2.21. The predicted octanol–water partition coefficient (Wildman–Crippen LogP) is 0.0533. The first kappa shape index (κ1) is 14.6. The summed E-state index contributed by atoms with van der Waals surface area (Å²) in [5, 5.41) is 8.63. The summed E-state index contributed by atoms with van der Waals surface area (Å²) >= 11 is 0. The fourth-order valence-electron chi connectivity index (χ4n) is 1.14. The van der Waals surface area contributed by atoms with Crippen LogP contribution in [0, 0.1) is 0 Å². The maximum Gasteiger partial charge on any atom is 0.281 e. The topological polar surface area (TPSA) is 60.9 Å². The van der Waals surface area contributed by atoms with E-state index >= 15 is 0 Å². The summed E-state index contributed by atoms with van der Waals surface area (Å²) in [5.41, 5.74) is 0. The smallest absolute Gasteiger partial charge is 0.281 e. The molecule has 6 heteroatoms. The highest BCUT2D eigenvalue weighted by Gasteiger charge is 2.23. The van der Waals surface area contributed by atoms with E-state index in [1.54, 1.807) is 13.0 Å². The van der Waals surface area contributed by atoms with E-state index in [0.29, 0.717) is 26.1 Å². The number of hydrogen-bond acceptors (Lipinski definition) is 3. The Balaban J connectivity index is 4.54. The quantitative estimate of drug-likeness (QED) is 0.606. The molecule has 0 spiro atoms. The molecule has 5 nitrogen and oxygen atoms in total. The third-order valence-corrected chi connectivity index (χ3v) is 4.07. The molecule has 0 amide bonds. The lowest BCUT2D eigenvalue weighted by Crippen LogP contribution is -2.42. The predicted molar refractivity (Wildman–Crippen MR) is 60.7 cm³/mol. The van der Waals surface area contributed by atoms with E-state index in [1.807, 2.05) is 0 Å². The molecule has 0 aliphatic carbocycles. The van der Waals surface area contributed by atoms with Crippen molar-refractivity contribution in [2.75, 3.05) is 33.3 Å². The van der Waals surface area contributed by atoms with Gasteiger partial charge in [0.25, 0.3) is 10.2 Å². The van der Waals surface area contributed by atoms with Crippen LogP contribution in [0.4, 0.5) is 0 Å². The third-order valence-electron chi connectivity index (χ3n) is 2.04. The Bertz CT molecular complexity index is 277. The molecule has 0 fully saturated rings. The zero-order valence-electron chi connectivity index (χ0n) is 9.39. The highest BCUT2D eigenvalue weighted by atomic mass is 32.2. The van der Waals surface area contributed by atoms with Gasteiger partial charge in [0.15, 0.2) is 0 Å². The number of nitrogens with zero attached hydrogens (tertiary/aromatic N) is 2. The fraction of sp³-hybridized carbons (Fsp3) is 0.778. The summed E-state index contributed by atoms with van der Waals surface area (Å²) in [7, 11) is -1.89. The van der Waals surface area contributed by atoms with Crippen LogP contribution in [0.25, 0.3) is 0 Å². The molecule has 1 N–H and O–H groups in total. The van der Waals surface area contributed by atoms with Gasteiger partial charge in [-0.1, -0.05) is 13.0 Å². The van der Waals surface area contributed by atoms with E-state index in [1.165, 1.54) is 15.7 Å². The van der Waals surface area contributed by atoms with Gasteiger partial charge in [0.2, 0.25) is 0 Å². The highest BCUT2D eigenvalue weighted by Crippen LogP contribution is 2.06. The molecule has 90 valence electrons. The van der Waals surface area contributed by atoms with Crippen molar-refractivity contribution in [3.8, 4) is 0 Å². The minimum absolute atomic E-state index is 0.00650. The van der Waals surface area contributed by atoms with Gasteiger partial charge < -0.3 is 5.11 Å². The fourth-order valence-corrected chi connectivity index (χ4v) is 2.51. The molecule has 0 saturated carbocycles. The van der Waals surface area contributed by atoms with Crippen molar-refractivity contribution in [1.82, 2.24) is 8.61 Å². The summed E-state index contributed by atoms with van der Waals surface area (Å²) in [6, 6.07) is 0. The lowest BCUT2D eigenvalue weighted by atomic mass is 10.5. The normalized spacial score (nSPS) is 12.3. The van der Waals surface area contributed by atoms with Crippen LogP contribution in [0.5, 0.6) is 0 Å². The Hall–Kier alpha value is -0.430. The number of hydrogen-bond donors (Lipinski definition) is 1. The van der Waals surface area contributed by atoms with Crippen molar-refractivity contribution < 1.29 is 13.5 Å².